The Labute approximate surface area is 172 Å². The topological polar surface area (TPSA) is 117 Å². The molecule has 0 saturated heterocycles. The Morgan fingerprint density at radius 2 is 1.47 bits per heavy atom. The highest BCUT2D eigenvalue weighted by Gasteiger charge is 2.16. The molecule has 0 aliphatic rings. The molecule has 0 bridgehead atoms. The van der Waals surface area contributed by atoms with Crippen molar-refractivity contribution in [3.05, 3.63) is 53.1 Å². The van der Waals surface area contributed by atoms with Crippen molar-refractivity contribution in [2.45, 2.75) is 6.92 Å². The van der Waals surface area contributed by atoms with Crippen LogP contribution in [0.5, 0.6) is 11.5 Å². The Morgan fingerprint density at radius 1 is 0.867 bits per heavy atom. The second-order valence-electron chi connectivity index (χ2n) is 6.04. The van der Waals surface area contributed by atoms with Gasteiger partial charge in [-0.25, -0.2) is 9.59 Å². The van der Waals surface area contributed by atoms with Crippen LogP contribution >= 0.6 is 0 Å². The fourth-order valence-corrected chi connectivity index (χ4v) is 2.55. The van der Waals surface area contributed by atoms with E-state index in [1.807, 2.05) is 0 Å². The van der Waals surface area contributed by atoms with Gasteiger partial charge in [0.15, 0.2) is 12.4 Å². The number of Topliss-reactive ketones (excluding diaryl/α,β-unsaturated/α-hetero) is 1. The van der Waals surface area contributed by atoms with Crippen LogP contribution in [-0.2, 0) is 14.3 Å². The van der Waals surface area contributed by atoms with E-state index in [2.05, 4.69) is 14.8 Å². The van der Waals surface area contributed by atoms with Crippen molar-refractivity contribution >= 4 is 29.3 Å². The fourth-order valence-electron chi connectivity index (χ4n) is 2.55. The Kier molecular flexibility index (Phi) is 7.51. The third-order valence-electron chi connectivity index (χ3n) is 3.98. The first-order chi connectivity index (χ1) is 14.3. The second kappa shape index (κ2) is 10.1. The zero-order valence-corrected chi connectivity index (χ0v) is 16.9. The van der Waals surface area contributed by atoms with Gasteiger partial charge in [-0.15, -0.1) is 0 Å². The highest BCUT2D eigenvalue weighted by Crippen LogP contribution is 2.25. The number of carbonyl (C=O) groups excluding carboxylic acids is 4. The third-order valence-corrected chi connectivity index (χ3v) is 3.98. The molecule has 1 N–H and O–H groups in total. The van der Waals surface area contributed by atoms with Gasteiger partial charge in [-0.1, -0.05) is 0 Å². The van der Waals surface area contributed by atoms with Gasteiger partial charge in [-0.3, -0.25) is 9.59 Å². The SMILES string of the molecule is COC(=O)c1cc(NC(=O)COc2ccc(OC)cc2C(C)=O)cc(C(=O)OC)c1. The number of methoxy groups -OCH3 is 3. The third kappa shape index (κ3) is 5.57. The van der Waals surface area contributed by atoms with Gasteiger partial charge in [0.2, 0.25) is 0 Å². The second-order valence-corrected chi connectivity index (χ2v) is 6.04. The summed E-state index contributed by atoms with van der Waals surface area (Å²) in [5.41, 5.74) is 0.563. The van der Waals surface area contributed by atoms with Crippen LogP contribution in [0.2, 0.25) is 0 Å². The number of amides is 1. The number of ether oxygens (including phenoxy) is 4. The average molecular weight is 415 g/mol. The van der Waals surface area contributed by atoms with Gasteiger partial charge in [0, 0.05) is 5.69 Å². The Morgan fingerprint density at radius 3 is 1.97 bits per heavy atom. The lowest BCUT2D eigenvalue weighted by molar-refractivity contribution is -0.118. The molecular formula is C21H21NO8. The molecule has 9 nitrogen and oxygen atoms in total. The van der Waals surface area contributed by atoms with Gasteiger partial charge in [0.1, 0.15) is 11.5 Å². The number of hydrogen-bond acceptors (Lipinski definition) is 8. The number of ketones is 1. The first kappa shape index (κ1) is 22.4. The van der Waals surface area contributed by atoms with Gasteiger partial charge in [-0.2, -0.15) is 0 Å². The Hall–Kier alpha value is -3.88. The van der Waals surface area contributed by atoms with Crippen molar-refractivity contribution in [3.63, 3.8) is 0 Å². The van der Waals surface area contributed by atoms with Crippen LogP contribution in [0.3, 0.4) is 0 Å². The lowest BCUT2D eigenvalue weighted by Crippen LogP contribution is -2.21. The maximum absolute atomic E-state index is 12.3. The molecule has 0 unspecified atom stereocenters. The average Bonchev–Trinajstić information content (AvgIpc) is 2.75. The highest BCUT2D eigenvalue weighted by atomic mass is 16.5. The molecule has 0 atom stereocenters. The highest BCUT2D eigenvalue weighted by molar-refractivity contribution is 6.00. The fraction of sp³-hybridized carbons (Fsp3) is 0.238. The van der Waals surface area contributed by atoms with E-state index in [1.54, 1.807) is 6.07 Å². The summed E-state index contributed by atoms with van der Waals surface area (Å²) in [4.78, 5) is 47.8. The summed E-state index contributed by atoms with van der Waals surface area (Å²) >= 11 is 0. The van der Waals surface area contributed by atoms with Crippen molar-refractivity contribution < 1.29 is 38.1 Å². The number of anilines is 1. The smallest absolute Gasteiger partial charge is 0.337 e. The first-order valence-corrected chi connectivity index (χ1v) is 8.72. The van der Waals surface area contributed by atoms with Gasteiger partial charge >= 0.3 is 11.9 Å². The summed E-state index contributed by atoms with van der Waals surface area (Å²) in [5, 5.41) is 2.53. The van der Waals surface area contributed by atoms with E-state index >= 15 is 0 Å². The summed E-state index contributed by atoms with van der Waals surface area (Å²) < 4.78 is 19.8. The standard InChI is InChI=1S/C21H21NO8/c1-12(23)17-10-16(27-2)5-6-18(17)30-11-19(24)22-15-8-13(20(25)28-3)7-14(9-15)21(26)29-4/h5-10H,11H2,1-4H3,(H,22,24). The zero-order chi connectivity index (χ0) is 22.3. The molecule has 2 aromatic carbocycles. The van der Waals surface area contributed by atoms with E-state index in [1.165, 1.54) is 58.6 Å². The predicted octanol–water partition coefficient (Wildman–Crippen LogP) is 2.49. The molecule has 0 spiro atoms. The summed E-state index contributed by atoms with van der Waals surface area (Å²) in [5.74, 6) is -1.49. The minimum atomic E-state index is -0.683. The van der Waals surface area contributed by atoms with Crippen LogP contribution in [0, 0.1) is 0 Å². The molecule has 0 aliphatic carbocycles. The van der Waals surface area contributed by atoms with Gasteiger partial charge in [-0.05, 0) is 43.3 Å². The molecule has 0 saturated carbocycles. The molecule has 9 heteroatoms. The van der Waals surface area contributed by atoms with Crippen LogP contribution in [0.4, 0.5) is 5.69 Å². The van der Waals surface area contributed by atoms with E-state index in [9.17, 15) is 19.2 Å². The Bertz CT molecular complexity index is 949. The summed E-state index contributed by atoms with van der Waals surface area (Å²) in [6.45, 7) is 0.955. The number of benzene rings is 2. The van der Waals surface area contributed by atoms with Crippen molar-refractivity contribution in [1.82, 2.24) is 0 Å². The van der Waals surface area contributed by atoms with Crippen molar-refractivity contribution in [2.75, 3.05) is 33.3 Å². The largest absolute Gasteiger partial charge is 0.497 e. The number of hydrogen-bond donors (Lipinski definition) is 1. The molecule has 0 aromatic heterocycles. The molecule has 2 rings (SSSR count). The zero-order valence-electron chi connectivity index (χ0n) is 16.9. The lowest BCUT2D eigenvalue weighted by atomic mass is 10.1. The monoisotopic (exact) mass is 415 g/mol. The van der Waals surface area contributed by atoms with Gasteiger partial charge in [0.25, 0.3) is 5.91 Å². The van der Waals surface area contributed by atoms with E-state index in [0.29, 0.717) is 5.75 Å². The molecule has 0 fully saturated rings. The molecule has 0 aliphatic heterocycles. The van der Waals surface area contributed by atoms with E-state index in [0.717, 1.165) is 0 Å². The molecule has 0 radical (unpaired) electrons. The van der Waals surface area contributed by atoms with E-state index in [-0.39, 0.29) is 33.9 Å². The van der Waals surface area contributed by atoms with Crippen molar-refractivity contribution in [1.29, 1.82) is 0 Å². The molecule has 1 amide bonds. The Balaban J connectivity index is 2.17. The molecular weight excluding hydrogens is 394 g/mol. The molecule has 30 heavy (non-hydrogen) atoms. The quantitative estimate of drug-likeness (QED) is 0.516. The van der Waals surface area contributed by atoms with Crippen LogP contribution in [0.25, 0.3) is 0 Å². The van der Waals surface area contributed by atoms with Gasteiger partial charge < -0.3 is 24.3 Å². The maximum Gasteiger partial charge on any atom is 0.337 e. The van der Waals surface area contributed by atoms with Crippen molar-refractivity contribution in [3.8, 4) is 11.5 Å². The molecule has 2 aromatic rings. The number of carbonyl (C=O) groups is 4. The van der Waals surface area contributed by atoms with Crippen LogP contribution < -0.4 is 14.8 Å². The predicted molar refractivity (Wildman–Crippen MR) is 106 cm³/mol. The minimum absolute atomic E-state index is 0.0608. The van der Waals surface area contributed by atoms with Crippen LogP contribution in [0.1, 0.15) is 38.0 Å². The maximum atomic E-state index is 12.3. The summed E-state index contributed by atoms with van der Waals surface area (Å²) in [6.07, 6.45) is 0. The van der Waals surface area contributed by atoms with E-state index < -0.39 is 24.5 Å². The normalized spacial score (nSPS) is 10.0. The summed E-state index contributed by atoms with van der Waals surface area (Å²) in [7, 11) is 3.86. The van der Waals surface area contributed by atoms with Crippen molar-refractivity contribution in [2.24, 2.45) is 0 Å². The number of rotatable bonds is 8. The van der Waals surface area contributed by atoms with E-state index in [4.69, 9.17) is 9.47 Å². The first-order valence-electron chi connectivity index (χ1n) is 8.72. The summed E-state index contributed by atoms with van der Waals surface area (Å²) in [6, 6.07) is 8.63. The van der Waals surface area contributed by atoms with Crippen LogP contribution in [0.15, 0.2) is 36.4 Å². The molecule has 158 valence electrons. The van der Waals surface area contributed by atoms with Crippen LogP contribution in [-0.4, -0.2) is 51.6 Å². The van der Waals surface area contributed by atoms with Gasteiger partial charge in [0.05, 0.1) is 38.0 Å². The number of esters is 2. The lowest BCUT2D eigenvalue weighted by Gasteiger charge is -2.12. The minimum Gasteiger partial charge on any atom is -0.497 e. The number of nitrogens with one attached hydrogen (secondary N) is 1. The molecule has 0 heterocycles.